The number of aromatic nitrogens is 1. The summed E-state index contributed by atoms with van der Waals surface area (Å²) in [7, 11) is -1.57. The molecule has 5 nitrogen and oxygen atoms in total. The van der Waals surface area contributed by atoms with Gasteiger partial charge in [-0.1, -0.05) is 26.0 Å². The van der Waals surface area contributed by atoms with Gasteiger partial charge in [-0.05, 0) is 24.5 Å². The molecule has 0 amide bonds. The van der Waals surface area contributed by atoms with E-state index >= 15 is 0 Å². The van der Waals surface area contributed by atoms with Crippen LogP contribution in [0.1, 0.15) is 18.9 Å². The lowest BCUT2D eigenvalue weighted by molar-refractivity contribution is 0.568. The fourth-order valence-electron chi connectivity index (χ4n) is 2.92. The Morgan fingerprint density at radius 2 is 1.96 bits per heavy atom. The maximum absolute atomic E-state index is 13.2. The van der Waals surface area contributed by atoms with Crippen molar-refractivity contribution in [2.75, 3.05) is 29.3 Å². The maximum Gasteiger partial charge on any atom is 0.275 e. The molecule has 0 radical (unpaired) electrons. The fourth-order valence-corrected chi connectivity index (χ4v) is 5.75. The monoisotopic (exact) mass is 351 g/mol. The average Bonchev–Trinajstić information content (AvgIpc) is 2.97. The van der Waals surface area contributed by atoms with Gasteiger partial charge in [0.25, 0.3) is 10.0 Å². The lowest BCUT2D eigenvalue weighted by Gasteiger charge is -2.25. The third-order valence-electron chi connectivity index (χ3n) is 4.00. The van der Waals surface area contributed by atoms with Crippen LogP contribution >= 0.6 is 11.3 Å². The zero-order chi connectivity index (χ0) is 16.6. The van der Waals surface area contributed by atoms with E-state index in [2.05, 4.69) is 16.8 Å². The van der Waals surface area contributed by atoms with E-state index < -0.39 is 10.0 Å². The lowest BCUT2D eigenvalue weighted by atomic mass is 10.2. The smallest absolute Gasteiger partial charge is 0.275 e. The van der Waals surface area contributed by atoms with Gasteiger partial charge in [0.1, 0.15) is 0 Å². The summed E-state index contributed by atoms with van der Waals surface area (Å²) in [6, 6.07) is 7.68. The van der Waals surface area contributed by atoms with Gasteiger partial charge >= 0.3 is 0 Å². The Labute approximate surface area is 141 Å². The van der Waals surface area contributed by atoms with Crippen LogP contribution in [0.15, 0.2) is 34.7 Å². The van der Waals surface area contributed by atoms with E-state index in [1.54, 1.807) is 4.31 Å². The van der Waals surface area contributed by atoms with E-state index in [1.807, 2.05) is 38.2 Å². The number of aryl methyl sites for hydroxylation is 1. The molecule has 1 aliphatic heterocycles. The van der Waals surface area contributed by atoms with Crippen LogP contribution in [0.25, 0.3) is 0 Å². The minimum absolute atomic E-state index is 0.237. The Morgan fingerprint density at radius 3 is 2.61 bits per heavy atom. The number of hydrogen-bond donors (Lipinski definition) is 0. The predicted molar refractivity (Wildman–Crippen MR) is 94.9 cm³/mol. The summed E-state index contributed by atoms with van der Waals surface area (Å²) in [5, 5.41) is 0.844. The van der Waals surface area contributed by atoms with Crippen molar-refractivity contribution in [1.82, 2.24) is 4.98 Å². The third kappa shape index (κ3) is 2.95. The van der Waals surface area contributed by atoms with Crippen molar-refractivity contribution in [2.24, 2.45) is 5.92 Å². The molecule has 0 saturated heterocycles. The van der Waals surface area contributed by atoms with E-state index in [1.165, 1.54) is 17.5 Å². The van der Waals surface area contributed by atoms with Crippen LogP contribution in [-0.4, -0.2) is 33.5 Å². The van der Waals surface area contributed by atoms with Gasteiger partial charge in [-0.3, -0.25) is 4.31 Å². The van der Waals surface area contributed by atoms with E-state index in [-0.39, 0.29) is 5.92 Å². The number of fused-ring (bicyclic) bond motifs is 1. The summed E-state index contributed by atoms with van der Waals surface area (Å²) in [6.07, 6.45) is 2.23. The van der Waals surface area contributed by atoms with Gasteiger partial charge in [-0.15, -0.1) is 11.3 Å². The molecule has 0 saturated carbocycles. The lowest BCUT2D eigenvalue weighted by Crippen LogP contribution is -2.34. The standard InChI is InChI=1S/C16H21N3O2S2/c1-4-15-17-9-16(22-15)23(20,21)19-11-12(2)10-18(3)13-7-5-6-8-14(13)19/h5-9,12H,4,10-11H2,1-3H3. The SMILES string of the molecule is CCc1ncc(S(=O)(=O)N2CC(C)CN(C)c3ccccc32)s1. The molecule has 7 heteroatoms. The second-order valence-corrected chi connectivity index (χ2v) is 9.14. The summed E-state index contributed by atoms with van der Waals surface area (Å²) >= 11 is 1.26. The van der Waals surface area contributed by atoms with Gasteiger partial charge in [0.2, 0.25) is 0 Å². The number of para-hydroxylation sites is 2. The van der Waals surface area contributed by atoms with Crippen molar-refractivity contribution in [1.29, 1.82) is 0 Å². The van der Waals surface area contributed by atoms with Crippen LogP contribution in [0.5, 0.6) is 0 Å². The van der Waals surface area contributed by atoms with Crippen LogP contribution in [0.4, 0.5) is 11.4 Å². The van der Waals surface area contributed by atoms with Crippen molar-refractivity contribution in [3.05, 3.63) is 35.5 Å². The molecule has 0 aliphatic carbocycles. The van der Waals surface area contributed by atoms with Gasteiger partial charge in [-0.2, -0.15) is 0 Å². The van der Waals surface area contributed by atoms with Gasteiger partial charge in [0.15, 0.2) is 4.21 Å². The number of thiazole rings is 1. The number of rotatable bonds is 3. The van der Waals surface area contributed by atoms with E-state index in [4.69, 9.17) is 0 Å². The molecule has 0 spiro atoms. The van der Waals surface area contributed by atoms with Crippen LogP contribution in [0.2, 0.25) is 0 Å². The Bertz CT molecular complexity index is 801. The van der Waals surface area contributed by atoms with E-state index in [0.717, 1.165) is 29.3 Å². The molecule has 1 aliphatic rings. The Morgan fingerprint density at radius 1 is 1.26 bits per heavy atom. The summed E-state index contributed by atoms with van der Waals surface area (Å²) in [6.45, 7) is 5.36. The molecule has 1 aromatic carbocycles. The quantitative estimate of drug-likeness (QED) is 0.853. The van der Waals surface area contributed by atoms with Crippen molar-refractivity contribution in [2.45, 2.75) is 24.5 Å². The minimum atomic E-state index is -3.58. The highest BCUT2D eigenvalue weighted by atomic mass is 32.2. The second-order valence-electron chi connectivity index (χ2n) is 5.94. The molecule has 23 heavy (non-hydrogen) atoms. The van der Waals surface area contributed by atoms with Gasteiger partial charge in [0, 0.05) is 20.1 Å². The average molecular weight is 351 g/mol. The zero-order valence-electron chi connectivity index (χ0n) is 13.6. The zero-order valence-corrected chi connectivity index (χ0v) is 15.2. The summed E-state index contributed by atoms with van der Waals surface area (Å²) in [5.41, 5.74) is 1.69. The number of benzene rings is 1. The number of hydrogen-bond acceptors (Lipinski definition) is 5. The summed E-state index contributed by atoms with van der Waals surface area (Å²) in [5.74, 6) is 0.237. The first-order valence-corrected chi connectivity index (χ1v) is 9.96. The molecule has 0 fully saturated rings. The Balaban J connectivity index is 2.11. The Kier molecular flexibility index (Phi) is 4.33. The van der Waals surface area contributed by atoms with Gasteiger partial charge in [-0.25, -0.2) is 13.4 Å². The molecule has 1 unspecified atom stereocenters. The Hall–Kier alpha value is -1.60. The van der Waals surface area contributed by atoms with Crippen molar-refractivity contribution < 1.29 is 8.42 Å². The molecule has 1 atom stereocenters. The number of anilines is 2. The molecule has 1 aromatic heterocycles. The molecular formula is C16H21N3O2S2. The predicted octanol–water partition coefficient (Wildman–Crippen LogP) is 2.99. The largest absolute Gasteiger partial charge is 0.373 e. The highest BCUT2D eigenvalue weighted by molar-refractivity contribution is 7.94. The van der Waals surface area contributed by atoms with Crippen molar-refractivity contribution >= 4 is 32.7 Å². The van der Waals surface area contributed by atoms with Gasteiger partial charge < -0.3 is 4.90 Å². The van der Waals surface area contributed by atoms with Crippen LogP contribution in [-0.2, 0) is 16.4 Å². The molecule has 124 valence electrons. The highest BCUT2D eigenvalue weighted by Gasteiger charge is 2.32. The van der Waals surface area contributed by atoms with Crippen LogP contribution < -0.4 is 9.21 Å². The molecule has 2 heterocycles. The topological polar surface area (TPSA) is 53.5 Å². The first kappa shape index (κ1) is 16.3. The molecule has 0 bridgehead atoms. The molecule has 2 aromatic rings. The fraction of sp³-hybridized carbons (Fsp3) is 0.438. The third-order valence-corrected chi connectivity index (χ3v) is 7.36. The van der Waals surface area contributed by atoms with Crippen LogP contribution in [0, 0.1) is 5.92 Å². The first-order valence-electron chi connectivity index (χ1n) is 7.71. The van der Waals surface area contributed by atoms with Crippen molar-refractivity contribution in [3.63, 3.8) is 0 Å². The van der Waals surface area contributed by atoms with E-state index in [9.17, 15) is 8.42 Å². The normalized spacial score (nSPS) is 18.7. The first-order chi connectivity index (χ1) is 10.9. The second kappa shape index (κ2) is 6.13. The van der Waals surface area contributed by atoms with Crippen molar-refractivity contribution in [3.8, 4) is 0 Å². The maximum atomic E-state index is 13.2. The summed E-state index contributed by atoms with van der Waals surface area (Å²) in [4.78, 5) is 6.34. The molecule has 0 N–H and O–H groups in total. The number of sulfonamides is 1. The van der Waals surface area contributed by atoms with Crippen LogP contribution in [0.3, 0.4) is 0 Å². The molecular weight excluding hydrogens is 330 g/mol. The number of nitrogens with zero attached hydrogens (tertiary/aromatic N) is 3. The highest BCUT2D eigenvalue weighted by Crippen LogP contribution is 2.37. The summed E-state index contributed by atoms with van der Waals surface area (Å²) < 4.78 is 28.2. The van der Waals surface area contributed by atoms with Gasteiger partial charge in [0.05, 0.1) is 22.6 Å². The molecule has 3 rings (SSSR count). The van der Waals surface area contributed by atoms with E-state index in [0.29, 0.717) is 10.8 Å². The minimum Gasteiger partial charge on any atom is -0.373 e.